The van der Waals surface area contributed by atoms with Gasteiger partial charge in [-0.3, -0.25) is 4.79 Å². The minimum atomic E-state index is -3.63. The fourth-order valence-electron chi connectivity index (χ4n) is 3.98. The van der Waals surface area contributed by atoms with E-state index in [4.69, 9.17) is 4.74 Å². The molecule has 2 aliphatic rings. The molecule has 29 heavy (non-hydrogen) atoms. The molecule has 2 heterocycles. The van der Waals surface area contributed by atoms with Gasteiger partial charge in [0.05, 0.1) is 12.8 Å². The number of aryl methyl sites for hydroxylation is 1. The summed E-state index contributed by atoms with van der Waals surface area (Å²) < 4.78 is 33.5. The number of carbonyl (C=O) groups excluding carboxylic acids is 1. The number of benzene rings is 2. The molecule has 0 bridgehead atoms. The summed E-state index contributed by atoms with van der Waals surface area (Å²) in [6, 6.07) is 14.8. The zero-order valence-corrected chi connectivity index (χ0v) is 17.2. The van der Waals surface area contributed by atoms with E-state index in [0.29, 0.717) is 50.2 Å². The number of piperidine rings is 1. The van der Waals surface area contributed by atoms with E-state index in [9.17, 15) is 13.2 Å². The highest BCUT2D eigenvalue weighted by atomic mass is 32.2. The first-order valence-corrected chi connectivity index (χ1v) is 11.2. The van der Waals surface area contributed by atoms with E-state index in [0.717, 1.165) is 5.56 Å². The van der Waals surface area contributed by atoms with Crippen LogP contribution in [0.3, 0.4) is 0 Å². The maximum atomic E-state index is 12.7. The van der Waals surface area contributed by atoms with Crippen molar-refractivity contribution in [2.24, 2.45) is 0 Å². The molecule has 154 valence electrons. The number of amides is 1. The second-order valence-corrected chi connectivity index (χ2v) is 9.19. The Balaban J connectivity index is 1.42. The van der Waals surface area contributed by atoms with E-state index < -0.39 is 15.7 Å². The third-order valence-corrected chi connectivity index (χ3v) is 7.21. The fourth-order valence-corrected chi connectivity index (χ4v) is 5.51. The van der Waals surface area contributed by atoms with Crippen LogP contribution < -0.4 is 14.8 Å². The van der Waals surface area contributed by atoms with E-state index in [1.165, 1.54) is 0 Å². The number of ether oxygens (including phenoxy) is 1. The van der Waals surface area contributed by atoms with E-state index in [1.54, 1.807) is 25.3 Å². The number of rotatable bonds is 4. The summed E-state index contributed by atoms with van der Waals surface area (Å²) in [7, 11) is -2.08. The van der Waals surface area contributed by atoms with Crippen molar-refractivity contribution in [3.05, 3.63) is 54.1 Å². The molecule has 0 unspecified atom stereocenters. The minimum absolute atomic E-state index is 0.101. The van der Waals surface area contributed by atoms with Gasteiger partial charge < -0.3 is 15.0 Å². The maximum Gasteiger partial charge on any atom is 0.244 e. The molecule has 1 spiro atoms. The third kappa shape index (κ3) is 4.09. The molecule has 2 aromatic carbocycles. The van der Waals surface area contributed by atoms with Crippen LogP contribution in [-0.2, 0) is 21.2 Å². The second kappa shape index (κ2) is 7.68. The molecule has 8 heteroatoms. The van der Waals surface area contributed by atoms with Gasteiger partial charge >= 0.3 is 0 Å². The number of carbonyl (C=O) groups is 1. The standard InChI is InChI=1S/C21H25N3O4S/c1-28-17-8-9-19-18(15-17)22-21(23-29(19,26)27)11-13-24(14-12-21)20(25)10-7-16-5-3-2-4-6-16/h2-6,8-9,15,22-23H,7,10-14H2,1H3. The predicted molar refractivity (Wildman–Crippen MR) is 110 cm³/mol. The number of sulfonamides is 1. The van der Waals surface area contributed by atoms with Gasteiger partial charge in [-0.15, -0.1) is 0 Å². The first-order valence-electron chi connectivity index (χ1n) is 9.73. The number of nitrogens with zero attached hydrogens (tertiary/aromatic N) is 1. The number of likely N-dealkylation sites (tertiary alicyclic amines) is 1. The molecule has 0 atom stereocenters. The Hall–Kier alpha value is -2.58. The van der Waals surface area contributed by atoms with Gasteiger partial charge in [0.1, 0.15) is 16.3 Å². The molecule has 1 saturated heterocycles. The summed E-state index contributed by atoms with van der Waals surface area (Å²) in [6.45, 7) is 1.00. The zero-order valence-electron chi connectivity index (χ0n) is 16.3. The highest BCUT2D eigenvalue weighted by molar-refractivity contribution is 7.89. The van der Waals surface area contributed by atoms with Gasteiger partial charge in [0.15, 0.2) is 0 Å². The van der Waals surface area contributed by atoms with Crippen LogP contribution in [0.4, 0.5) is 5.69 Å². The van der Waals surface area contributed by atoms with Gasteiger partial charge in [-0.2, -0.15) is 4.72 Å². The van der Waals surface area contributed by atoms with Crippen LogP contribution in [0.2, 0.25) is 0 Å². The lowest BCUT2D eigenvalue weighted by Crippen LogP contribution is -2.62. The first-order chi connectivity index (χ1) is 13.9. The van der Waals surface area contributed by atoms with Crippen LogP contribution in [0.5, 0.6) is 5.75 Å². The van der Waals surface area contributed by atoms with Gasteiger partial charge in [0, 0.05) is 38.4 Å². The lowest BCUT2D eigenvalue weighted by atomic mass is 9.96. The van der Waals surface area contributed by atoms with Crippen LogP contribution in [0.25, 0.3) is 0 Å². The van der Waals surface area contributed by atoms with Crippen molar-refractivity contribution in [1.29, 1.82) is 0 Å². The molecule has 2 aliphatic heterocycles. The Bertz CT molecular complexity index is 1000. The highest BCUT2D eigenvalue weighted by Gasteiger charge is 2.43. The van der Waals surface area contributed by atoms with Gasteiger partial charge in [-0.05, 0) is 24.1 Å². The van der Waals surface area contributed by atoms with Crippen LogP contribution in [0.1, 0.15) is 24.8 Å². The molecule has 4 rings (SSSR count). The molecule has 0 aromatic heterocycles. The SMILES string of the molecule is COc1ccc2c(c1)NC1(CCN(C(=O)CCc3ccccc3)CC1)NS2(=O)=O. The largest absolute Gasteiger partial charge is 0.497 e. The first kappa shape index (κ1) is 19.7. The van der Waals surface area contributed by atoms with Crippen molar-refractivity contribution in [3.63, 3.8) is 0 Å². The van der Waals surface area contributed by atoms with Crippen LogP contribution in [0, 0.1) is 0 Å². The van der Waals surface area contributed by atoms with Crippen LogP contribution in [-0.4, -0.2) is 45.1 Å². The van der Waals surface area contributed by atoms with Gasteiger partial charge in [0.25, 0.3) is 0 Å². The highest BCUT2D eigenvalue weighted by Crippen LogP contribution is 2.37. The van der Waals surface area contributed by atoms with E-state index in [2.05, 4.69) is 10.0 Å². The Morgan fingerprint density at radius 3 is 2.55 bits per heavy atom. The van der Waals surface area contributed by atoms with E-state index >= 15 is 0 Å². The molecule has 1 fully saturated rings. The quantitative estimate of drug-likeness (QED) is 0.800. The zero-order chi connectivity index (χ0) is 20.5. The number of nitrogens with one attached hydrogen (secondary N) is 2. The molecule has 0 radical (unpaired) electrons. The number of methoxy groups -OCH3 is 1. The van der Waals surface area contributed by atoms with Crippen LogP contribution >= 0.6 is 0 Å². The molecular weight excluding hydrogens is 390 g/mol. The summed E-state index contributed by atoms with van der Waals surface area (Å²) >= 11 is 0. The summed E-state index contributed by atoms with van der Waals surface area (Å²) in [5.74, 6) is 0.696. The van der Waals surface area contributed by atoms with Crippen molar-refractivity contribution in [1.82, 2.24) is 9.62 Å². The number of anilines is 1. The average molecular weight is 416 g/mol. The van der Waals surface area contributed by atoms with Crippen molar-refractivity contribution >= 4 is 21.6 Å². The Morgan fingerprint density at radius 2 is 1.86 bits per heavy atom. The monoisotopic (exact) mass is 415 g/mol. The summed E-state index contributed by atoms with van der Waals surface area (Å²) in [6.07, 6.45) is 2.16. The molecule has 2 N–H and O–H groups in total. The van der Waals surface area contributed by atoms with Gasteiger partial charge in [-0.1, -0.05) is 30.3 Å². The summed E-state index contributed by atoms with van der Waals surface area (Å²) in [5.41, 5.74) is 0.891. The third-order valence-electron chi connectivity index (χ3n) is 5.62. The average Bonchev–Trinajstić information content (AvgIpc) is 2.72. The number of hydrogen-bond donors (Lipinski definition) is 2. The van der Waals surface area contributed by atoms with Gasteiger partial charge in [-0.25, -0.2) is 8.42 Å². The Morgan fingerprint density at radius 1 is 1.14 bits per heavy atom. The van der Waals surface area contributed by atoms with Crippen molar-refractivity contribution in [3.8, 4) is 5.75 Å². The lowest BCUT2D eigenvalue weighted by Gasteiger charge is -2.45. The van der Waals surface area contributed by atoms with Gasteiger partial charge in [0.2, 0.25) is 15.9 Å². The van der Waals surface area contributed by atoms with E-state index in [-0.39, 0.29) is 10.8 Å². The van der Waals surface area contributed by atoms with E-state index in [1.807, 2.05) is 35.2 Å². The number of fused-ring (bicyclic) bond motifs is 1. The van der Waals surface area contributed by atoms with Crippen molar-refractivity contribution in [2.45, 2.75) is 36.2 Å². The molecule has 1 amide bonds. The number of hydrogen-bond acceptors (Lipinski definition) is 5. The fraction of sp³-hybridized carbons (Fsp3) is 0.381. The smallest absolute Gasteiger partial charge is 0.244 e. The molecule has 7 nitrogen and oxygen atoms in total. The molecule has 0 saturated carbocycles. The normalized spacial score (nSPS) is 19.3. The lowest BCUT2D eigenvalue weighted by molar-refractivity contribution is -0.132. The van der Waals surface area contributed by atoms with Crippen molar-refractivity contribution in [2.75, 3.05) is 25.5 Å². The topological polar surface area (TPSA) is 87.7 Å². The maximum absolute atomic E-state index is 12.7. The second-order valence-electron chi connectivity index (χ2n) is 7.54. The molecule has 2 aromatic rings. The summed E-state index contributed by atoms with van der Waals surface area (Å²) in [4.78, 5) is 14.6. The Kier molecular flexibility index (Phi) is 5.23. The molecule has 0 aliphatic carbocycles. The molecular formula is C21H25N3O4S. The summed E-state index contributed by atoms with van der Waals surface area (Å²) in [5, 5.41) is 3.35. The van der Waals surface area contributed by atoms with Crippen LogP contribution in [0.15, 0.2) is 53.4 Å². The minimum Gasteiger partial charge on any atom is -0.497 e. The predicted octanol–water partition coefficient (Wildman–Crippen LogP) is 2.35. The van der Waals surface area contributed by atoms with Crippen molar-refractivity contribution < 1.29 is 17.9 Å². The Labute approximate surface area is 171 Å².